The Morgan fingerprint density at radius 2 is 1.95 bits per heavy atom. The summed E-state index contributed by atoms with van der Waals surface area (Å²) < 4.78 is 30.1. The molecule has 0 spiro atoms. The van der Waals surface area contributed by atoms with Crippen molar-refractivity contribution in [1.29, 1.82) is 0 Å². The highest BCUT2D eigenvalue weighted by Crippen LogP contribution is 2.41. The molecule has 2 aromatic rings. The zero-order chi connectivity index (χ0) is 16.0. The molecule has 118 valence electrons. The monoisotopic (exact) mass is 340 g/mol. The summed E-state index contributed by atoms with van der Waals surface area (Å²) in [5.74, 6) is -0.966. The highest BCUT2D eigenvalue weighted by molar-refractivity contribution is 7.91. The summed E-state index contributed by atoms with van der Waals surface area (Å²) in [7, 11) is -3.31. The Morgan fingerprint density at radius 3 is 2.55 bits per heavy atom. The maximum atomic E-state index is 12.4. The number of hydrogen-bond acceptors (Lipinski definition) is 5. The zero-order valence-corrected chi connectivity index (χ0v) is 13.7. The zero-order valence-electron chi connectivity index (χ0n) is 12.0. The summed E-state index contributed by atoms with van der Waals surface area (Å²) in [6.45, 7) is 0.824. The SMILES string of the molecule is CS(=O)(=O)C1(c2ccc3sc(C(=O)O)cc3c2)CCOCC1. The van der Waals surface area contributed by atoms with Gasteiger partial charge < -0.3 is 9.84 Å². The van der Waals surface area contributed by atoms with Crippen LogP contribution in [0.5, 0.6) is 0 Å². The first-order valence-corrected chi connectivity index (χ1v) is 9.59. The van der Waals surface area contributed by atoms with Crippen molar-refractivity contribution in [2.24, 2.45) is 0 Å². The first-order valence-electron chi connectivity index (χ1n) is 6.88. The lowest BCUT2D eigenvalue weighted by Gasteiger charge is -2.36. The average molecular weight is 340 g/mol. The van der Waals surface area contributed by atoms with Crippen molar-refractivity contribution in [3.05, 3.63) is 34.7 Å². The number of carboxylic acids is 1. The van der Waals surface area contributed by atoms with Gasteiger partial charge in [0.25, 0.3) is 0 Å². The van der Waals surface area contributed by atoms with Crippen LogP contribution in [-0.2, 0) is 19.3 Å². The van der Waals surface area contributed by atoms with E-state index in [9.17, 15) is 13.2 Å². The second-order valence-corrected chi connectivity index (χ2v) is 8.96. The number of thiophene rings is 1. The predicted octanol–water partition coefficient (Wildman–Crippen LogP) is 2.65. The van der Waals surface area contributed by atoms with Crippen molar-refractivity contribution in [2.75, 3.05) is 19.5 Å². The van der Waals surface area contributed by atoms with Crippen molar-refractivity contribution >= 4 is 37.2 Å². The summed E-state index contributed by atoms with van der Waals surface area (Å²) >= 11 is 1.19. The maximum Gasteiger partial charge on any atom is 0.345 e. The molecular weight excluding hydrogens is 324 g/mol. The molecule has 1 aliphatic rings. The molecule has 1 fully saturated rings. The van der Waals surface area contributed by atoms with Gasteiger partial charge in [-0.1, -0.05) is 6.07 Å². The van der Waals surface area contributed by atoms with E-state index in [2.05, 4.69) is 0 Å². The number of benzene rings is 1. The minimum Gasteiger partial charge on any atom is -0.477 e. The van der Waals surface area contributed by atoms with Crippen LogP contribution in [-0.4, -0.2) is 39.0 Å². The van der Waals surface area contributed by atoms with Gasteiger partial charge in [-0.3, -0.25) is 0 Å². The highest BCUT2D eigenvalue weighted by atomic mass is 32.2. The third-order valence-corrected chi connectivity index (χ3v) is 7.43. The number of hydrogen-bond donors (Lipinski definition) is 1. The molecule has 5 nitrogen and oxygen atoms in total. The molecule has 0 unspecified atom stereocenters. The molecular formula is C15H16O5S2. The normalized spacial score (nSPS) is 18.4. The van der Waals surface area contributed by atoms with Crippen molar-refractivity contribution in [2.45, 2.75) is 17.6 Å². The molecule has 0 atom stereocenters. The van der Waals surface area contributed by atoms with E-state index in [4.69, 9.17) is 9.84 Å². The van der Waals surface area contributed by atoms with Gasteiger partial charge in [-0.05, 0) is 42.0 Å². The molecule has 1 aliphatic heterocycles. The molecule has 0 saturated carbocycles. The molecule has 22 heavy (non-hydrogen) atoms. The molecule has 7 heteroatoms. The third kappa shape index (κ3) is 2.43. The largest absolute Gasteiger partial charge is 0.477 e. The minimum absolute atomic E-state index is 0.257. The standard InChI is InChI=1S/C15H16O5S2/c1-22(18,19)15(4-6-20-7-5-15)11-2-3-12-10(8-11)9-13(21-12)14(16)17/h2-3,8-9H,4-7H2,1H3,(H,16,17). The number of fused-ring (bicyclic) bond motifs is 1. The first-order chi connectivity index (χ1) is 10.3. The summed E-state index contributed by atoms with van der Waals surface area (Å²) in [5, 5.41) is 9.85. The average Bonchev–Trinajstić information content (AvgIpc) is 2.90. The van der Waals surface area contributed by atoms with Crippen LogP contribution in [0.1, 0.15) is 28.1 Å². The van der Waals surface area contributed by atoms with Crippen LogP contribution in [0.3, 0.4) is 0 Å². The van der Waals surface area contributed by atoms with Crippen LogP contribution in [0.2, 0.25) is 0 Å². The molecule has 0 radical (unpaired) electrons. The Morgan fingerprint density at radius 1 is 1.27 bits per heavy atom. The van der Waals surface area contributed by atoms with Gasteiger partial charge in [-0.25, -0.2) is 13.2 Å². The number of carboxylic acid groups (broad SMARTS) is 1. The van der Waals surface area contributed by atoms with Gasteiger partial charge in [0.15, 0.2) is 9.84 Å². The van der Waals surface area contributed by atoms with Gasteiger partial charge >= 0.3 is 5.97 Å². The third-order valence-electron chi connectivity index (χ3n) is 4.26. The number of carbonyl (C=O) groups is 1. The summed E-state index contributed by atoms with van der Waals surface area (Å²) in [5.41, 5.74) is 0.723. The molecule has 1 aromatic heterocycles. The first kappa shape index (κ1) is 15.5. The van der Waals surface area contributed by atoms with Crippen molar-refractivity contribution < 1.29 is 23.1 Å². The van der Waals surface area contributed by atoms with E-state index in [-0.39, 0.29) is 4.88 Å². The van der Waals surface area contributed by atoms with E-state index in [1.54, 1.807) is 12.1 Å². The number of aromatic carboxylic acids is 1. The Hall–Kier alpha value is -1.44. The molecule has 0 bridgehead atoms. The van der Waals surface area contributed by atoms with E-state index in [1.165, 1.54) is 17.6 Å². The summed E-state index contributed by atoms with van der Waals surface area (Å²) in [6, 6.07) is 7.02. The summed E-state index contributed by atoms with van der Waals surface area (Å²) in [4.78, 5) is 11.3. The molecule has 1 N–H and O–H groups in total. The second kappa shape index (κ2) is 5.33. The highest BCUT2D eigenvalue weighted by Gasteiger charge is 2.43. The van der Waals surface area contributed by atoms with Gasteiger partial charge in [-0.15, -0.1) is 11.3 Å². The molecule has 1 saturated heterocycles. The molecule has 3 rings (SSSR count). The van der Waals surface area contributed by atoms with Crippen molar-refractivity contribution in [3.8, 4) is 0 Å². The van der Waals surface area contributed by atoms with E-state index >= 15 is 0 Å². The fraction of sp³-hybridized carbons (Fsp3) is 0.400. The van der Waals surface area contributed by atoms with Crippen molar-refractivity contribution in [3.63, 3.8) is 0 Å². The quantitative estimate of drug-likeness (QED) is 0.929. The Labute approximate surface area is 132 Å². The fourth-order valence-electron chi connectivity index (χ4n) is 3.01. The molecule has 1 aromatic carbocycles. The van der Waals surface area contributed by atoms with E-state index in [0.717, 1.165) is 15.6 Å². The minimum atomic E-state index is -3.31. The van der Waals surface area contributed by atoms with Gasteiger partial charge in [-0.2, -0.15) is 0 Å². The molecule has 2 heterocycles. The van der Waals surface area contributed by atoms with E-state index in [1.807, 2.05) is 12.1 Å². The summed E-state index contributed by atoms with van der Waals surface area (Å²) in [6.07, 6.45) is 2.11. The smallest absolute Gasteiger partial charge is 0.345 e. The van der Waals surface area contributed by atoms with Gasteiger partial charge in [0.05, 0.1) is 0 Å². The van der Waals surface area contributed by atoms with Gasteiger partial charge in [0.2, 0.25) is 0 Å². The lowest BCUT2D eigenvalue weighted by molar-refractivity contribution is 0.0702. The van der Waals surface area contributed by atoms with Crippen LogP contribution >= 0.6 is 11.3 Å². The Kier molecular flexibility index (Phi) is 3.74. The lowest BCUT2D eigenvalue weighted by atomic mass is 9.90. The van der Waals surface area contributed by atoms with E-state index < -0.39 is 20.6 Å². The maximum absolute atomic E-state index is 12.4. The van der Waals surface area contributed by atoms with Crippen LogP contribution in [0.4, 0.5) is 0 Å². The fourth-order valence-corrected chi connectivity index (χ4v) is 5.35. The number of ether oxygens (including phenoxy) is 1. The van der Waals surface area contributed by atoms with Crippen LogP contribution in [0.25, 0.3) is 10.1 Å². The Balaban J connectivity index is 2.16. The number of sulfone groups is 1. The van der Waals surface area contributed by atoms with Gasteiger partial charge in [0.1, 0.15) is 9.62 Å². The Bertz CT molecular complexity index is 829. The van der Waals surface area contributed by atoms with Crippen molar-refractivity contribution in [1.82, 2.24) is 0 Å². The van der Waals surface area contributed by atoms with Crippen LogP contribution in [0, 0.1) is 0 Å². The predicted molar refractivity (Wildman–Crippen MR) is 85.4 cm³/mol. The lowest BCUT2D eigenvalue weighted by Crippen LogP contribution is -2.40. The van der Waals surface area contributed by atoms with Gasteiger partial charge in [0, 0.05) is 24.2 Å². The van der Waals surface area contributed by atoms with E-state index in [0.29, 0.717) is 26.1 Å². The number of rotatable bonds is 3. The molecule has 0 amide bonds. The second-order valence-electron chi connectivity index (χ2n) is 5.55. The molecule has 0 aliphatic carbocycles. The van der Waals surface area contributed by atoms with Crippen LogP contribution < -0.4 is 0 Å². The topological polar surface area (TPSA) is 80.7 Å². The van der Waals surface area contributed by atoms with Crippen LogP contribution in [0.15, 0.2) is 24.3 Å².